The number of ether oxygens (including phenoxy) is 1. The van der Waals surface area contributed by atoms with Crippen LogP contribution in [0.3, 0.4) is 0 Å². The second kappa shape index (κ2) is 8.32. The number of pyridine rings is 1. The Morgan fingerprint density at radius 3 is 2.77 bits per heavy atom. The van der Waals surface area contributed by atoms with Gasteiger partial charge >= 0.3 is 0 Å². The molecule has 0 aliphatic heterocycles. The van der Waals surface area contributed by atoms with Gasteiger partial charge in [0.05, 0.1) is 23.9 Å². The van der Waals surface area contributed by atoms with Crippen LogP contribution in [0.25, 0.3) is 16.6 Å². The van der Waals surface area contributed by atoms with Gasteiger partial charge in [-0.1, -0.05) is 0 Å². The quantitative estimate of drug-likeness (QED) is 0.641. The van der Waals surface area contributed by atoms with Crippen molar-refractivity contribution in [1.82, 2.24) is 19.6 Å². The number of fused-ring (bicyclic) bond motifs is 1. The van der Waals surface area contributed by atoms with Crippen LogP contribution in [0.2, 0.25) is 0 Å². The average Bonchev–Trinajstić information content (AvgIpc) is 3.07. The Hall–Kier alpha value is -2.51. The zero-order valence-electron chi connectivity index (χ0n) is 18.2. The zero-order valence-corrected chi connectivity index (χ0v) is 18.2. The second-order valence-electron chi connectivity index (χ2n) is 8.82. The van der Waals surface area contributed by atoms with E-state index in [1.807, 2.05) is 43.7 Å². The lowest BCUT2D eigenvalue weighted by Crippen LogP contribution is -2.30. The molecule has 1 atom stereocenters. The third kappa shape index (κ3) is 4.32. The first-order valence-corrected chi connectivity index (χ1v) is 10.7. The van der Waals surface area contributed by atoms with Gasteiger partial charge in [-0.15, -0.1) is 5.10 Å². The maximum absolute atomic E-state index is 10.4. The second-order valence-corrected chi connectivity index (χ2v) is 8.82. The number of anilines is 1. The van der Waals surface area contributed by atoms with Crippen LogP contribution >= 0.6 is 0 Å². The van der Waals surface area contributed by atoms with E-state index in [-0.39, 0.29) is 6.04 Å². The van der Waals surface area contributed by atoms with Gasteiger partial charge in [0.15, 0.2) is 0 Å². The molecule has 0 amide bonds. The molecule has 3 aromatic heterocycles. The minimum absolute atomic E-state index is 0.110. The molecule has 4 rings (SSSR count). The molecule has 0 bridgehead atoms. The highest BCUT2D eigenvalue weighted by Gasteiger charge is 2.31. The van der Waals surface area contributed by atoms with Gasteiger partial charge in [-0.3, -0.25) is 4.98 Å². The number of rotatable bonds is 6. The molecule has 0 spiro atoms. The number of aryl methyl sites for hydroxylation is 1. The lowest BCUT2D eigenvalue weighted by atomic mass is 9.78. The van der Waals surface area contributed by atoms with Crippen LogP contribution < -0.4 is 5.32 Å². The molecule has 3 aromatic rings. The van der Waals surface area contributed by atoms with E-state index in [1.165, 1.54) is 5.69 Å². The Kier molecular flexibility index (Phi) is 5.75. The van der Waals surface area contributed by atoms with Crippen molar-refractivity contribution in [3.8, 4) is 11.1 Å². The first kappa shape index (κ1) is 20.8. The van der Waals surface area contributed by atoms with E-state index < -0.39 is 5.60 Å². The molecular formula is C23H31N5O2. The molecule has 30 heavy (non-hydrogen) atoms. The van der Waals surface area contributed by atoms with Crippen molar-refractivity contribution in [3.63, 3.8) is 0 Å². The number of aromatic nitrogens is 4. The topological polar surface area (TPSA) is 84.6 Å². The summed E-state index contributed by atoms with van der Waals surface area (Å²) in [5.41, 5.74) is 4.81. The molecular weight excluding hydrogens is 378 g/mol. The molecule has 0 aromatic carbocycles. The number of methoxy groups -OCH3 is 1. The molecule has 7 heteroatoms. The van der Waals surface area contributed by atoms with Crippen LogP contribution in [0.4, 0.5) is 5.95 Å². The fourth-order valence-corrected chi connectivity index (χ4v) is 4.36. The van der Waals surface area contributed by atoms with E-state index in [9.17, 15) is 5.11 Å². The zero-order chi connectivity index (χ0) is 21.3. The summed E-state index contributed by atoms with van der Waals surface area (Å²) in [6, 6.07) is 6.48. The Labute approximate surface area is 177 Å². The van der Waals surface area contributed by atoms with Crippen LogP contribution in [0, 0.1) is 6.92 Å². The van der Waals surface area contributed by atoms with Gasteiger partial charge in [0, 0.05) is 42.2 Å². The highest BCUT2D eigenvalue weighted by molar-refractivity contribution is 5.81. The highest BCUT2D eigenvalue weighted by atomic mass is 16.5. The van der Waals surface area contributed by atoms with Crippen molar-refractivity contribution >= 4 is 11.5 Å². The molecule has 3 heterocycles. The molecule has 0 saturated heterocycles. The van der Waals surface area contributed by atoms with E-state index >= 15 is 0 Å². The Balaban J connectivity index is 1.77. The van der Waals surface area contributed by atoms with Gasteiger partial charge in [-0.25, -0.2) is 9.50 Å². The van der Waals surface area contributed by atoms with Crippen LogP contribution in [0.5, 0.6) is 0 Å². The van der Waals surface area contributed by atoms with E-state index in [0.29, 0.717) is 18.5 Å². The van der Waals surface area contributed by atoms with Crippen LogP contribution in [-0.4, -0.2) is 50.0 Å². The molecule has 1 aliphatic carbocycles. The van der Waals surface area contributed by atoms with Crippen molar-refractivity contribution in [2.45, 2.75) is 64.0 Å². The summed E-state index contributed by atoms with van der Waals surface area (Å²) in [5.74, 6) is 0.942. The monoisotopic (exact) mass is 409 g/mol. The van der Waals surface area contributed by atoms with Crippen molar-refractivity contribution in [2.24, 2.45) is 0 Å². The van der Waals surface area contributed by atoms with Gasteiger partial charge in [0.2, 0.25) is 5.95 Å². The summed E-state index contributed by atoms with van der Waals surface area (Å²) in [6.45, 7) is 6.56. The summed E-state index contributed by atoms with van der Waals surface area (Å²) in [6.07, 6.45) is 7.23. The third-order valence-electron chi connectivity index (χ3n) is 6.03. The van der Waals surface area contributed by atoms with Gasteiger partial charge in [0.1, 0.15) is 0 Å². The minimum Gasteiger partial charge on any atom is -0.390 e. The average molecular weight is 410 g/mol. The molecule has 1 fully saturated rings. The van der Waals surface area contributed by atoms with Crippen LogP contribution in [0.15, 0.2) is 30.6 Å². The van der Waals surface area contributed by atoms with Gasteiger partial charge in [-0.2, -0.15) is 0 Å². The Morgan fingerprint density at radius 1 is 1.30 bits per heavy atom. The van der Waals surface area contributed by atoms with Gasteiger partial charge in [0.25, 0.3) is 0 Å². The third-order valence-corrected chi connectivity index (χ3v) is 6.03. The lowest BCUT2D eigenvalue weighted by molar-refractivity contribution is 0.0167. The van der Waals surface area contributed by atoms with Crippen molar-refractivity contribution in [1.29, 1.82) is 0 Å². The Morgan fingerprint density at radius 2 is 2.07 bits per heavy atom. The van der Waals surface area contributed by atoms with Crippen molar-refractivity contribution in [3.05, 3.63) is 42.0 Å². The standard InChI is InChI=1S/C23H31N5O2/c1-15-11-18(7-10-24-15)19-12-20(17-5-8-23(3,29)9-6-17)28-21(19)13-25-22(27-28)26-16(2)14-30-4/h7,10-13,16-17,29H,5-6,8-9,14H2,1-4H3,(H,26,27)/t16-,17-,23+/m0/s1. The van der Waals surface area contributed by atoms with Gasteiger partial charge < -0.3 is 15.2 Å². The summed E-state index contributed by atoms with van der Waals surface area (Å²) in [5, 5.41) is 18.6. The first-order chi connectivity index (χ1) is 14.4. The fraction of sp³-hybridized carbons (Fsp3) is 0.522. The van der Waals surface area contributed by atoms with Crippen LogP contribution in [0.1, 0.15) is 56.8 Å². The van der Waals surface area contributed by atoms with E-state index in [0.717, 1.165) is 48.0 Å². The van der Waals surface area contributed by atoms with E-state index in [1.54, 1.807) is 7.11 Å². The minimum atomic E-state index is -0.564. The maximum Gasteiger partial charge on any atom is 0.241 e. The fourth-order valence-electron chi connectivity index (χ4n) is 4.36. The first-order valence-electron chi connectivity index (χ1n) is 10.7. The number of hydrogen-bond acceptors (Lipinski definition) is 6. The molecule has 160 valence electrons. The SMILES string of the molecule is COC[C@H](C)Nc1ncc2c(-c3ccnc(C)c3)cc([C@H]3CC[C@@](C)(O)CC3)n2n1. The van der Waals surface area contributed by atoms with E-state index in [2.05, 4.69) is 27.4 Å². The summed E-state index contributed by atoms with van der Waals surface area (Å²) >= 11 is 0. The summed E-state index contributed by atoms with van der Waals surface area (Å²) in [7, 11) is 1.69. The molecule has 7 nitrogen and oxygen atoms in total. The Bertz CT molecular complexity index is 1020. The van der Waals surface area contributed by atoms with Gasteiger partial charge in [-0.05, 0) is 70.2 Å². The number of nitrogens with zero attached hydrogens (tertiary/aromatic N) is 4. The highest BCUT2D eigenvalue weighted by Crippen LogP contribution is 2.40. The molecule has 0 radical (unpaired) electrons. The summed E-state index contributed by atoms with van der Waals surface area (Å²) in [4.78, 5) is 8.90. The number of nitrogens with one attached hydrogen (secondary N) is 1. The van der Waals surface area contributed by atoms with Crippen LogP contribution in [-0.2, 0) is 4.74 Å². The van der Waals surface area contributed by atoms with Crippen molar-refractivity contribution < 1.29 is 9.84 Å². The maximum atomic E-state index is 10.4. The molecule has 2 N–H and O–H groups in total. The molecule has 1 saturated carbocycles. The normalized spacial score (nSPS) is 22.9. The number of hydrogen-bond donors (Lipinski definition) is 2. The predicted molar refractivity (Wildman–Crippen MR) is 118 cm³/mol. The molecule has 1 aliphatic rings. The van der Waals surface area contributed by atoms with Crippen molar-refractivity contribution in [2.75, 3.05) is 19.0 Å². The lowest BCUT2D eigenvalue weighted by Gasteiger charge is -2.32. The molecule has 0 unspecified atom stereocenters. The summed E-state index contributed by atoms with van der Waals surface area (Å²) < 4.78 is 7.25. The largest absolute Gasteiger partial charge is 0.390 e. The number of aliphatic hydroxyl groups is 1. The predicted octanol–water partition coefficient (Wildman–Crippen LogP) is 3.96. The smallest absolute Gasteiger partial charge is 0.241 e. The van der Waals surface area contributed by atoms with E-state index in [4.69, 9.17) is 9.84 Å².